The number of ether oxygens (including phenoxy) is 1. The third kappa shape index (κ3) is 2.61. The normalized spacial score (nSPS) is 35.1. The van der Waals surface area contributed by atoms with E-state index < -0.39 is 0 Å². The lowest BCUT2D eigenvalue weighted by atomic mass is 9.86. The number of aryl methyl sites for hydroxylation is 1. The SMILES string of the molecule is CCc1ccc(C(Br)C2C(C)OC(C)C2C)s1. The molecule has 1 aliphatic heterocycles. The molecule has 1 saturated heterocycles. The van der Waals surface area contributed by atoms with Gasteiger partial charge >= 0.3 is 0 Å². The molecular weight excluding hydrogens is 296 g/mol. The second-order valence-electron chi connectivity index (χ2n) is 5.04. The van der Waals surface area contributed by atoms with Crippen molar-refractivity contribution in [1.29, 1.82) is 0 Å². The molecule has 1 nitrogen and oxygen atoms in total. The van der Waals surface area contributed by atoms with E-state index in [-0.39, 0.29) is 0 Å². The van der Waals surface area contributed by atoms with Gasteiger partial charge in [0, 0.05) is 15.7 Å². The van der Waals surface area contributed by atoms with Crippen LogP contribution in [0.15, 0.2) is 12.1 Å². The molecule has 1 fully saturated rings. The maximum atomic E-state index is 5.94. The van der Waals surface area contributed by atoms with E-state index in [1.165, 1.54) is 9.75 Å². The summed E-state index contributed by atoms with van der Waals surface area (Å²) < 4.78 is 5.94. The van der Waals surface area contributed by atoms with Crippen molar-refractivity contribution in [1.82, 2.24) is 0 Å². The first kappa shape index (κ1) is 13.6. The van der Waals surface area contributed by atoms with Crippen LogP contribution in [0.1, 0.15) is 42.3 Å². The van der Waals surface area contributed by atoms with Crippen molar-refractivity contribution in [2.75, 3.05) is 0 Å². The maximum Gasteiger partial charge on any atom is 0.0596 e. The predicted molar refractivity (Wildman–Crippen MR) is 78.0 cm³/mol. The smallest absolute Gasteiger partial charge is 0.0596 e. The largest absolute Gasteiger partial charge is 0.375 e. The monoisotopic (exact) mass is 316 g/mol. The van der Waals surface area contributed by atoms with Gasteiger partial charge in [-0.05, 0) is 38.3 Å². The molecule has 0 amide bonds. The Kier molecular flexibility index (Phi) is 4.32. The van der Waals surface area contributed by atoms with Gasteiger partial charge < -0.3 is 4.74 Å². The van der Waals surface area contributed by atoms with E-state index in [0.717, 1.165) is 6.42 Å². The van der Waals surface area contributed by atoms with E-state index in [1.807, 2.05) is 11.3 Å². The topological polar surface area (TPSA) is 9.23 Å². The Balaban J connectivity index is 2.16. The Morgan fingerprint density at radius 3 is 2.47 bits per heavy atom. The highest BCUT2D eigenvalue weighted by Gasteiger charge is 2.41. The summed E-state index contributed by atoms with van der Waals surface area (Å²) in [5.74, 6) is 1.19. The summed E-state index contributed by atoms with van der Waals surface area (Å²) in [6.07, 6.45) is 1.85. The van der Waals surface area contributed by atoms with Gasteiger partial charge in [-0.3, -0.25) is 0 Å². The van der Waals surface area contributed by atoms with Crippen LogP contribution in [-0.2, 0) is 11.2 Å². The Hall–Kier alpha value is 0.140. The fourth-order valence-corrected chi connectivity index (χ4v) is 5.05. The molecule has 1 aromatic rings. The Morgan fingerprint density at radius 2 is 2.00 bits per heavy atom. The van der Waals surface area contributed by atoms with Gasteiger partial charge in [-0.1, -0.05) is 29.8 Å². The van der Waals surface area contributed by atoms with E-state index in [2.05, 4.69) is 55.8 Å². The summed E-state index contributed by atoms with van der Waals surface area (Å²) in [7, 11) is 0. The van der Waals surface area contributed by atoms with E-state index in [4.69, 9.17) is 4.74 Å². The number of hydrogen-bond acceptors (Lipinski definition) is 2. The minimum absolute atomic E-state index is 0.344. The van der Waals surface area contributed by atoms with Gasteiger partial charge in [-0.15, -0.1) is 11.3 Å². The minimum Gasteiger partial charge on any atom is -0.375 e. The van der Waals surface area contributed by atoms with Crippen molar-refractivity contribution in [2.45, 2.75) is 51.2 Å². The average molecular weight is 317 g/mol. The summed E-state index contributed by atoms with van der Waals surface area (Å²) in [6, 6.07) is 4.52. The molecule has 1 aromatic heterocycles. The highest BCUT2D eigenvalue weighted by Crippen LogP contribution is 2.46. The highest BCUT2D eigenvalue weighted by atomic mass is 79.9. The molecule has 3 heteroatoms. The molecular formula is C14H21BrOS. The molecule has 5 atom stereocenters. The van der Waals surface area contributed by atoms with Crippen LogP contribution in [0, 0.1) is 11.8 Å². The molecule has 0 spiro atoms. The van der Waals surface area contributed by atoms with Crippen LogP contribution in [0.4, 0.5) is 0 Å². The zero-order valence-corrected chi connectivity index (χ0v) is 13.3. The summed E-state index contributed by atoms with van der Waals surface area (Å²) in [4.78, 5) is 3.35. The third-order valence-corrected chi connectivity index (χ3v) is 6.68. The van der Waals surface area contributed by atoms with E-state index in [9.17, 15) is 0 Å². The van der Waals surface area contributed by atoms with Gasteiger partial charge in [0.15, 0.2) is 0 Å². The van der Waals surface area contributed by atoms with Crippen molar-refractivity contribution in [2.24, 2.45) is 11.8 Å². The molecule has 2 heterocycles. The molecule has 0 saturated carbocycles. The number of rotatable bonds is 3. The van der Waals surface area contributed by atoms with Gasteiger partial charge in [-0.25, -0.2) is 0 Å². The molecule has 1 aliphatic rings. The highest BCUT2D eigenvalue weighted by molar-refractivity contribution is 9.09. The number of halogens is 1. The molecule has 2 rings (SSSR count). The number of thiophene rings is 1. The molecule has 0 aromatic carbocycles. The van der Waals surface area contributed by atoms with Crippen LogP contribution in [0.2, 0.25) is 0 Å². The second kappa shape index (κ2) is 5.41. The van der Waals surface area contributed by atoms with Crippen molar-refractivity contribution in [3.63, 3.8) is 0 Å². The fraction of sp³-hybridized carbons (Fsp3) is 0.714. The number of alkyl halides is 1. The van der Waals surface area contributed by atoms with E-state index >= 15 is 0 Å². The summed E-state index contributed by atoms with van der Waals surface area (Å²) >= 11 is 5.82. The van der Waals surface area contributed by atoms with Crippen molar-refractivity contribution in [3.05, 3.63) is 21.9 Å². The lowest BCUT2D eigenvalue weighted by Gasteiger charge is -2.23. The first-order valence-corrected chi connectivity index (χ1v) is 8.16. The first-order chi connectivity index (χ1) is 8.04. The van der Waals surface area contributed by atoms with E-state index in [0.29, 0.717) is 28.9 Å². The zero-order valence-electron chi connectivity index (χ0n) is 10.9. The van der Waals surface area contributed by atoms with Crippen LogP contribution in [-0.4, -0.2) is 12.2 Å². The Morgan fingerprint density at radius 1 is 1.29 bits per heavy atom. The third-order valence-electron chi connectivity index (χ3n) is 3.96. The molecule has 17 heavy (non-hydrogen) atoms. The van der Waals surface area contributed by atoms with Gasteiger partial charge in [-0.2, -0.15) is 0 Å². The lowest BCUT2D eigenvalue weighted by molar-refractivity contribution is 0.0511. The molecule has 0 bridgehead atoms. The van der Waals surface area contributed by atoms with Crippen LogP contribution in [0.25, 0.3) is 0 Å². The standard InChI is InChI=1S/C14H21BrOS/c1-5-11-6-7-12(17-11)14(15)13-8(2)9(3)16-10(13)4/h6-10,13-14H,5H2,1-4H3. The Labute approximate surface area is 117 Å². The first-order valence-electron chi connectivity index (χ1n) is 6.42. The molecule has 5 unspecified atom stereocenters. The summed E-state index contributed by atoms with van der Waals surface area (Å²) in [6.45, 7) is 8.91. The molecule has 0 N–H and O–H groups in total. The fourth-order valence-electron chi connectivity index (χ4n) is 2.72. The van der Waals surface area contributed by atoms with Crippen LogP contribution < -0.4 is 0 Å². The average Bonchev–Trinajstić information content (AvgIpc) is 2.85. The van der Waals surface area contributed by atoms with E-state index in [1.54, 1.807) is 0 Å². The lowest BCUT2D eigenvalue weighted by Crippen LogP contribution is -2.21. The molecule has 96 valence electrons. The minimum atomic E-state index is 0.344. The molecule has 0 radical (unpaired) electrons. The second-order valence-corrected chi connectivity index (χ2v) is 7.23. The van der Waals surface area contributed by atoms with Gasteiger partial charge in [0.25, 0.3) is 0 Å². The van der Waals surface area contributed by atoms with Crippen molar-refractivity contribution >= 4 is 27.3 Å². The predicted octanol–water partition coefficient (Wildman–Crippen LogP) is 4.81. The van der Waals surface area contributed by atoms with Crippen molar-refractivity contribution < 1.29 is 4.74 Å². The Bertz CT molecular complexity index is 376. The van der Waals surface area contributed by atoms with Gasteiger partial charge in [0.2, 0.25) is 0 Å². The van der Waals surface area contributed by atoms with Gasteiger partial charge in [0.1, 0.15) is 0 Å². The van der Waals surface area contributed by atoms with Crippen LogP contribution in [0.5, 0.6) is 0 Å². The molecule has 0 aliphatic carbocycles. The van der Waals surface area contributed by atoms with Crippen molar-refractivity contribution in [3.8, 4) is 0 Å². The van der Waals surface area contributed by atoms with Crippen LogP contribution >= 0.6 is 27.3 Å². The summed E-state index contributed by atoms with van der Waals surface area (Å²) in [5.41, 5.74) is 0. The van der Waals surface area contributed by atoms with Gasteiger partial charge in [0.05, 0.1) is 17.0 Å². The summed E-state index contributed by atoms with van der Waals surface area (Å²) in [5, 5.41) is 0. The van der Waals surface area contributed by atoms with Crippen LogP contribution in [0.3, 0.4) is 0 Å². The maximum absolute atomic E-state index is 5.94. The number of hydrogen-bond donors (Lipinski definition) is 0. The zero-order chi connectivity index (χ0) is 12.6. The quantitative estimate of drug-likeness (QED) is 0.727.